The molecule has 4 rings (SSSR count). The van der Waals surface area contributed by atoms with E-state index < -0.39 is 15.9 Å². The molecule has 2 heterocycles. The van der Waals surface area contributed by atoms with Crippen LogP contribution in [0.5, 0.6) is 11.6 Å². The van der Waals surface area contributed by atoms with E-state index in [1.165, 1.54) is 56.2 Å². The molecule has 1 aliphatic carbocycles. The van der Waals surface area contributed by atoms with Crippen molar-refractivity contribution in [3.05, 3.63) is 35.0 Å². The molecule has 0 spiro atoms. The van der Waals surface area contributed by atoms with Gasteiger partial charge in [0.2, 0.25) is 15.9 Å². The molecule has 1 amide bonds. The van der Waals surface area contributed by atoms with Gasteiger partial charge in [0, 0.05) is 19.0 Å². The Hall–Kier alpha value is -2.76. The number of thiophene rings is 1. The first-order valence-corrected chi connectivity index (χ1v) is 12.7. The Morgan fingerprint density at radius 2 is 2.09 bits per heavy atom. The van der Waals surface area contributed by atoms with Crippen LogP contribution in [0.25, 0.3) is 10.2 Å². The molecule has 0 bridgehead atoms. The number of nitrogens with one attached hydrogen (secondary N) is 1. The van der Waals surface area contributed by atoms with E-state index in [-0.39, 0.29) is 17.2 Å². The number of benzene rings is 1. The molecule has 11 heteroatoms. The summed E-state index contributed by atoms with van der Waals surface area (Å²) >= 11 is 1.66. The summed E-state index contributed by atoms with van der Waals surface area (Å²) in [4.78, 5) is 23.5. The van der Waals surface area contributed by atoms with Crippen molar-refractivity contribution in [3.63, 3.8) is 0 Å². The van der Waals surface area contributed by atoms with Gasteiger partial charge in [-0.05, 0) is 48.9 Å². The Morgan fingerprint density at radius 1 is 1.30 bits per heavy atom. The molecule has 0 saturated heterocycles. The molecule has 1 N–H and O–H groups in total. The van der Waals surface area contributed by atoms with Gasteiger partial charge in [-0.15, -0.1) is 11.3 Å². The third kappa shape index (κ3) is 4.66. The zero-order chi connectivity index (χ0) is 23.8. The van der Waals surface area contributed by atoms with Crippen molar-refractivity contribution in [1.82, 2.24) is 14.3 Å². The monoisotopic (exact) mass is 490 g/mol. The molecule has 0 saturated carbocycles. The van der Waals surface area contributed by atoms with Crippen LogP contribution in [0.15, 0.2) is 29.4 Å². The van der Waals surface area contributed by atoms with Crippen LogP contribution in [0, 0.1) is 5.92 Å². The van der Waals surface area contributed by atoms with Gasteiger partial charge in [0.05, 0.1) is 23.1 Å². The number of methoxy groups -OCH3 is 1. The van der Waals surface area contributed by atoms with Crippen molar-refractivity contribution in [3.8, 4) is 11.6 Å². The van der Waals surface area contributed by atoms with Crippen LogP contribution in [0.4, 0.5) is 5.69 Å². The van der Waals surface area contributed by atoms with E-state index in [9.17, 15) is 13.2 Å². The van der Waals surface area contributed by atoms with E-state index >= 15 is 0 Å². The molecule has 2 aromatic heterocycles. The number of carbonyl (C=O) groups is 1. The van der Waals surface area contributed by atoms with E-state index in [4.69, 9.17) is 9.47 Å². The van der Waals surface area contributed by atoms with Crippen molar-refractivity contribution >= 4 is 43.2 Å². The molecule has 33 heavy (non-hydrogen) atoms. The first kappa shape index (κ1) is 23.4. The predicted molar refractivity (Wildman–Crippen MR) is 127 cm³/mol. The lowest BCUT2D eigenvalue weighted by Gasteiger charge is -2.18. The second-order valence-corrected chi connectivity index (χ2v) is 11.4. The number of ether oxygens (including phenoxy) is 2. The van der Waals surface area contributed by atoms with E-state index in [1.54, 1.807) is 11.3 Å². The molecule has 0 aliphatic heterocycles. The molecule has 0 fully saturated rings. The summed E-state index contributed by atoms with van der Waals surface area (Å²) in [6.45, 7) is 1.95. The number of anilines is 1. The highest BCUT2D eigenvalue weighted by Gasteiger charge is 2.24. The van der Waals surface area contributed by atoms with Gasteiger partial charge in [0.1, 0.15) is 16.9 Å². The van der Waals surface area contributed by atoms with Crippen molar-refractivity contribution in [2.75, 3.05) is 33.1 Å². The zero-order valence-electron chi connectivity index (χ0n) is 18.9. The van der Waals surface area contributed by atoms with Crippen LogP contribution in [-0.4, -0.2) is 56.4 Å². The van der Waals surface area contributed by atoms with E-state index in [0.717, 1.165) is 33.8 Å². The number of amides is 1. The highest BCUT2D eigenvalue weighted by Crippen LogP contribution is 2.40. The number of hydrogen-bond donors (Lipinski definition) is 1. The molecule has 3 aromatic rings. The minimum atomic E-state index is -3.67. The van der Waals surface area contributed by atoms with Gasteiger partial charge >= 0.3 is 0 Å². The van der Waals surface area contributed by atoms with E-state index in [0.29, 0.717) is 17.5 Å². The topological polar surface area (TPSA) is 111 Å². The molecule has 9 nitrogen and oxygen atoms in total. The Morgan fingerprint density at radius 3 is 2.82 bits per heavy atom. The van der Waals surface area contributed by atoms with Gasteiger partial charge < -0.3 is 14.8 Å². The number of nitrogens with zero attached hydrogens (tertiary/aromatic N) is 3. The predicted octanol–water partition coefficient (Wildman–Crippen LogP) is 3.09. The minimum Gasteiger partial charge on any atom is -0.495 e. The van der Waals surface area contributed by atoms with Crippen molar-refractivity contribution in [2.45, 2.75) is 31.1 Å². The second kappa shape index (κ2) is 9.24. The van der Waals surface area contributed by atoms with E-state index in [1.807, 2.05) is 0 Å². The van der Waals surface area contributed by atoms with Crippen molar-refractivity contribution < 1.29 is 22.7 Å². The molecular weight excluding hydrogens is 464 g/mol. The second-order valence-electron chi connectivity index (χ2n) is 8.20. The molecular formula is C22H26N4O5S2. The summed E-state index contributed by atoms with van der Waals surface area (Å²) in [6.07, 6.45) is 4.50. The number of sulfonamides is 1. The first-order chi connectivity index (χ1) is 15.7. The minimum absolute atomic E-state index is 0.0427. The fourth-order valence-electron chi connectivity index (χ4n) is 3.83. The lowest BCUT2D eigenvalue weighted by atomic mass is 9.89. The third-order valence-corrected chi connectivity index (χ3v) is 8.59. The number of aromatic nitrogens is 2. The highest BCUT2D eigenvalue weighted by atomic mass is 32.2. The highest BCUT2D eigenvalue weighted by molar-refractivity contribution is 7.89. The molecule has 0 radical (unpaired) electrons. The van der Waals surface area contributed by atoms with Gasteiger partial charge in [-0.1, -0.05) is 6.92 Å². The van der Waals surface area contributed by atoms with Gasteiger partial charge in [-0.25, -0.2) is 22.7 Å². The number of rotatable bonds is 7. The number of carbonyl (C=O) groups excluding carboxylic acids is 1. The van der Waals surface area contributed by atoms with Crippen LogP contribution in [0.2, 0.25) is 0 Å². The van der Waals surface area contributed by atoms with Gasteiger partial charge in [0.25, 0.3) is 5.91 Å². The molecule has 176 valence electrons. The average molecular weight is 491 g/mol. The van der Waals surface area contributed by atoms with Gasteiger partial charge in [-0.2, -0.15) is 0 Å². The maximum absolute atomic E-state index is 12.7. The standard InChI is InChI=1S/C22H26N4O5S2/c1-13-5-7-15-18(9-13)32-22-20(15)21(23-12-24-22)31-11-19(27)25-16-10-14(6-8-17(16)30-4)33(28,29)26(2)3/h6,8,10,12-13H,5,7,9,11H2,1-4H3,(H,25,27). The Labute approximate surface area is 196 Å². The summed E-state index contributed by atoms with van der Waals surface area (Å²) in [7, 11) is 0.662. The first-order valence-electron chi connectivity index (χ1n) is 10.5. The molecule has 1 aromatic carbocycles. The number of fused-ring (bicyclic) bond motifs is 3. The fraction of sp³-hybridized carbons (Fsp3) is 0.409. The summed E-state index contributed by atoms with van der Waals surface area (Å²) in [6, 6.07) is 4.29. The summed E-state index contributed by atoms with van der Waals surface area (Å²) < 4.78 is 37.1. The average Bonchev–Trinajstić information content (AvgIpc) is 3.15. The van der Waals surface area contributed by atoms with Gasteiger partial charge in [-0.3, -0.25) is 4.79 Å². The van der Waals surface area contributed by atoms with Crippen LogP contribution in [0.3, 0.4) is 0 Å². The van der Waals surface area contributed by atoms with Crippen LogP contribution < -0.4 is 14.8 Å². The molecule has 1 atom stereocenters. The third-order valence-electron chi connectivity index (χ3n) is 5.62. The smallest absolute Gasteiger partial charge is 0.262 e. The largest absolute Gasteiger partial charge is 0.495 e. The van der Waals surface area contributed by atoms with Gasteiger partial charge in [0.15, 0.2) is 6.61 Å². The Kier molecular flexibility index (Phi) is 6.55. The van der Waals surface area contributed by atoms with Crippen LogP contribution >= 0.6 is 11.3 Å². The summed E-state index contributed by atoms with van der Waals surface area (Å²) in [5.74, 6) is 0.900. The SMILES string of the molecule is COc1ccc(S(=O)(=O)N(C)C)cc1NC(=O)COc1ncnc2sc3c(c12)CCC(C)C3. The molecule has 1 aliphatic rings. The van der Waals surface area contributed by atoms with Crippen molar-refractivity contribution in [2.24, 2.45) is 5.92 Å². The van der Waals surface area contributed by atoms with Crippen LogP contribution in [0.1, 0.15) is 23.8 Å². The maximum atomic E-state index is 12.7. The maximum Gasteiger partial charge on any atom is 0.262 e. The van der Waals surface area contributed by atoms with E-state index in [2.05, 4.69) is 22.2 Å². The normalized spacial score (nSPS) is 16.0. The fourth-order valence-corrected chi connectivity index (χ4v) is 6.10. The zero-order valence-corrected chi connectivity index (χ0v) is 20.5. The number of hydrogen-bond acceptors (Lipinski definition) is 8. The number of aryl methyl sites for hydroxylation is 1. The summed E-state index contributed by atoms with van der Waals surface area (Å²) in [5, 5.41) is 3.56. The molecule has 1 unspecified atom stereocenters. The lowest BCUT2D eigenvalue weighted by molar-refractivity contribution is -0.118. The summed E-state index contributed by atoms with van der Waals surface area (Å²) in [5.41, 5.74) is 1.45. The van der Waals surface area contributed by atoms with Crippen molar-refractivity contribution in [1.29, 1.82) is 0 Å². The van der Waals surface area contributed by atoms with Crippen LogP contribution in [-0.2, 0) is 27.7 Å². The Balaban J connectivity index is 1.53. The quantitative estimate of drug-likeness (QED) is 0.542. The Bertz CT molecular complexity index is 1300. The lowest BCUT2D eigenvalue weighted by Crippen LogP contribution is -2.23.